The van der Waals surface area contributed by atoms with E-state index < -0.39 is 11.0 Å². The van der Waals surface area contributed by atoms with Gasteiger partial charge in [0.2, 0.25) is 5.95 Å². The molecular formula is C21H22Cl4N4O2. The third-order valence-corrected chi connectivity index (χ3v) is 4.88. The number of benzene rings is 2. The molecule has 0 saturated carbocycles. The Labute approximate surface area is 202 Å². The molecule has 1 aromatic heterocycles. The van der Waals surface area contributed by atoms with E-state index in [-0.39, 0.29) is 12.4 Å². The summed E-state index contributed by atoms with van der Waals surface area (Å²) >= 11 is 16.3. The van der Waals surface area contributed by atoms with E-state index in [1.54, 1.807) is 0 Å². The van der Waals surface area contributed by atoms with E-state index in [4.69, 9.17) is 44.8 Å². The van der Waals surface area contributed by atoms with Crippen LogP contribution in [0.4, 0.5) is 10.7 Å². The van der Waals surface area contributed by atoms with Crippen molar-refractivity contribution in [3.8, 4) is 11.3 Å². The maximum Gasteiger partial charge on any atom is 0.405 e. The van der Waals surface area contributed by atoms with Crippen LogP contribution in [0.1, 0.15) is 6.92 Å². The molecule has 1 atom stereocenters. The van der Waals surface area contributed by atoms with Crippen molar-refractivity contribution in [2.45, 2.75) is 12.5 Å². The summed E-state index contributed by atoms with van der Waals surface area (Å²) in [4.78, 5) is 21.6. The fraction of sp³-hybridized carbons (Fsp3) is 0.286. The number of fused-ring (bicyclic) bond motifs is 1. The molecule has 166 valence electrons. The molecule has 0 spiro atoms. The number of carbonyl (C=O) groups excluding carboxylic acids is 1. The Morgan fingerprint density at radius 2 is 1.74 bits per heavy atom. The summed E-state index contributed by atoms with van der Waals surface area (Å²) in [6, 6.07) is 15.9. The van der Waals surface area contributed by atoms with Crippen molar-refractivity contribution >= 4 is 69.5 Å². The van der Waals surface area contributed by atoms with Gasteiger partial charge in [0.05, 0.1) is 11.2 Å². The highest BCUT2D eigenvalue weighted by Gasteiger charge is 2.17. The molecule has 6 nitrogen and oxygen atoms in total. The van der Waals surface area contributed by atoms with Gasteiger partial charge < -0.3 is 15.0 Å². The Hall–Kier alpha value is -1.83. The largest absolute Gasteiger partial charge is 0.434 e. The monoisotopic (exact) mass is 502 g/mol. The molecule has 10 heteroatoms. The minimum Gasteiger partial charge on any atom is -0.434 e. The summed E-state index contributed by atoms with van der Waals surface area (Å²) in [6.07, 6.45) is 0. The number of nitrogens with one attached hydrogen (secondary N) is 1. The Bertz CT molecular complexity index is 1010. The molecule has 4 rings (SSSR count). The van der Waals surface area contributed by atoms with Crippen LogP contribution in [0.5, 0.6) is 0 Å². The Morgan fingerprint density at radius 1 is 1.10 bits per heavy atom. The SMILES string of the molecule is CC(Cl)OC(=O)Cl.Cl.Clc1ccccc1-c1nc(N2CCNCC2)nc2ccccc12. The molecule has 1 aliphatic rings. The number of nitrogens with zero attached hydrogens (tertiary/aromatic N) is 3. The van der Waals surface area contributed by atoms with Crippen molar-refractivity contribution in [1.82, 2.24) is 15.3 Å². The first-order valence-corrected chi connectivity index (χ1v) is 10.6. The van der Waals surface area contributed by atoms with Crippen LogP contribution in [-0.2, 0) is 4.74 Å². The van der Waals surface area contributed by atoms with Crippen molar-refractivity contribution in [2.75, 3.05) is 31.1 Å². The minimum atomic E-state index is -0.873. The van der Waals surface area contributed by atoms with Gasteiger partial charge in [-0.25, -0.2) is 14.8 Å². The maximum atomic E-state index is 9.71. The fourth-order valence-corrected chi connectivity index (χ4v) is 3.54. The second kappa shape index (κ2) is 12.3. The number of hydrogen-bond acceptors (Lipinski definition) is 6. The maximum absolute atomic E-state index is 9.71. The Morgan fingerprint density at radius 3 is 2.35 bits per heavy atom. The highest BCUT2D eigenvalue weighted by Crippen LogP contribution is 2.32. The van der Waals surface area contributed by atoms with E-state index in [0.717, 1.165) is 54.3 Å². The van der Waals surface area contributed by atoms with Gasteiger partial charge in [-0.1, -0.05) is 59.6 Å². The molecule has 0 bridgehead atoms. The standard InChI is InChI=1S/C18H17ClN4.C3H4Cl2O2.ClH/c19-15-7-3-1-5-13(15)17-14-6-2-4-8-16(14)21-18(22-17)23-11-9-20-10-12-23;1-2(4)7-3(5)6;/h1-8,20H,9-12H2;2H,1H3;1H. The smallest absolute Gasteiger partial charge is 0.405 e. The average molecular weight is 504 g/mol. The number of aromatic nitrogens is 2. The zero-order chi connectivity index (χ0) is 21.5. The van der Waals surface area contributed by atoms with Gasteiger partial charge in [0.15, 0.2) is 5.56 Å². The Kier molecular flexibility index (Phi) is 10.1. The van der Waals surface area contributed by atoms with E-state index in [1.807, 2.05) is 42.5 Å². The Balaban J connectivity index is 0.000000373. The first kappa shape index (κ1) is 25.4. The lowest BCUT2D eigenvalue weighted by atomic mass is 10.1. The van der Waals surface area contributed by atoms with Gasteiger partial charge in [-0.05, 0) is 19.1 Å². The second-order valence-corrected chi connectivity index (χ2v) is 7.84. The number of hydrogen-bond donors (Lipinski definition) is 1. The van der Waals surface area contributed by atoms with Crippen molar-refractivity contribution < 1.29 is 9.53 Å². The summed E-state index contributed by atoms with van der Waals surface area (Å²) in [5, 5.41) is 5.10. The summed E-state index contributed by atoms with van der Waals surface area (Å²) in [5.74, 6) is 0.778. The van der Waals surface area contributed by atoms with Crippen LogP contribution in [0, 0.1) is 0 Å². The quantitative estimate of drug-likeness (QED) is 0.363. The molecule has 31 heavy (non-hydrogen) atoms. The minimum absolute atomic E-state index is 0. The number of anilines is 1. The summed E-state index contributed by atoms with van der Waals surface area (Å²) in [6.45, 7) is 5.25. The van der Waals surface area contributed by atoms with Crippen LogP contribution in [-0.4, -0.2) is 47.1 Å². The van der Waals surface area contributed by atoms with E-state index in [2.05, 4.69) is 21.0 Å². The highest BCUT2D eigenvalue weighted by molar-refractivity contribution is 6.61. The van der Waals surface area contributed by atoms with Crippen molar-refractivity contribution in [2.24, 2.45) is 0 Å². The predicted octanol–water partition coefficient (Wildman–Crippen LogP) is 5.73. The second-order valence-electron chi connectivity index (χ2n) is 6.50. The van der Waals surface area contributed by atoms with Gasteiger partial charge in [0.1, 0.15) is 0 Å². The van der Waals surface area contributed by atoms with Crippen LogP contribution in [0.2, 0.25) is 5.02 Å². The number of ether oxygens (including phenoxy) is 1. The van der Waals surface area contributed by atoms with E-state index in [9.17, 15) is 4.79 Å². The number of piperazine rings is 1. The number of rotatable bonds is 3. The molecule has 2 aromatic carbocycles. The molecule has 1 N–H and O–H groups in total. The third kappa shape index (κ3) is 7.09. The molecule has 0 aliphatic carbocycles. The topological polar surface area (TPSA) is 67.3 Å². The molecule has 1 saturated heterocycles. The first-order valence-electron chi connectivity index (χ1n) is 9.43. The zero-order valence-corrected chi connectivity index (χ0v) is 19.8. The average Bonchev–Trinajstić information content (AvgIpc) is 2.73. The van der Waals surface area contributed by atoms with Crippen LogP contribution < -0.4 is 10.2 Å². The van der Waals surface area contributed by atoms with Crippen molar-refractivity contribution in [3.05, 3.63) is 53.6 Å². The highest BCUT2D eigenvalue weighted by atomic mass is 35.5. The van der Waals surface area contributed by atoms with Gasteiger partial charge in [-0.15, -0.1) is 12.4 Å². The number of para-hydroxylation sites is 1. The van der Waals surface area contributed by atoms with Crippen LogP contribution in [0.15, 0.2) is 48.5 Å². The number of halogens is 4. The zero-order valence-electron chi connectivity index (χ0n) is 16.7. The molecule has 1 unspecified atom stereocenters. The lowest BCUT2D eigenvalue weighted by Crippen LogP contribution is -2.44. The van der Waals surface area contributed by atoms with Gasteiger partial charge in [0.25, 0.3) is 0 Å². The van der Waals surface area contributed by atoms with E-state index >= 15 is 0 Å². The molecule has 2 heterocycles. The van der Waals surface area contributed by atoms with Gasteiger partial charge in [-0.2, -0.15) is 0 Å². The van der Waals surface area contributed by atoms with Crippen molar-refractivity contribution in [3.63, 3.8) is 0 Å². The number of alkyl halides is 1. The van der Waals surface area contributed by atoms with Crippen LogP contribution >= 0.6 is 47.2 Å². The van der Waals surface area contributed by atoms with Gasteiger partial charge in [-0.3, -0.25) is 0 Å². The normalized spacial score (nSPS) is 14.1. The van der Waals surface area contributed by atoms with Crippen LogP contribution in [0.25, 0.3) is 22.2 Å². The summed E-state index contributed by atoms with van der Waals surface area (Å²) < 4.78 is 4.14. The predicted molar refractivity (Wildman–Crippen MR) is 130 cm³/mol. The molecule has 0 amide bonds. The van der Waals surface area contributed by atoms with Crippen LogP contribution in [0.3, 0.4) is 0 Å². The molecule has 1 fully saturated rings. The summed E-state index contributed by atoms with van der Waals surface area (Å²) in [5.41, 5.74) is 1.29. The number of carbonyl (C=O) groups is 1. The van der Waals surface area contributed by atoms with E-state index in [1.165, 1.54) is 6.92 Å². The lowest BCUT2D eigenvalue weighted by Gasteiger charge is -2.28. The van der Waals surface area contributed by atoms with Gasteiger partial charge in [0, 0.05) is 53.8 Å². The molecular weight excluding hydrogens is 482 g/mol. The summed E-state index contributed by atoms with van der Waals surface area (Å²) in [7, 11) is 0. The molecule has 0 radical (unpaired) electrons. The van der Waals surface area contributed by atoms with Gasteiger partial charge >= 0.3 is 5.43 Å². The fourth-order valence-electron chi connectivity index (χ4n) is 3.06. The molecule has 1 aliphatic heterocycles. The third-order valence-electron chi connectivity index (χ3n) is 4.38. The van der Waals surface area contributed by atoms with E-state index in [0.29, 0.717) is 5.02 Å². The first-order chi connectivity index (χ1) is 14.5. The van der Waals surface area contributed by atoms with Crippen molar-refractivity contribution in [1.29, 1.82) is 0 Å². The lowest BCUT2D eigenvalue weighted by molar-refractivity contribution is 0.166. The molecule has 3 aromatic rings.